The van der Waals surface area contributed by atoms with Crippen LogP contribution in [0.15, 0.2) is 41.3 Å². The van der Waals surface area contributed by atoms with E-state index in [0.717, 1.165) is 11.3 Å². The van der Waals surface area contributed by atoms with Gasteiger partial charge in [-0.25, -0.2) is 8.42 Å². The second-order valence-corrected chi connectivity index (χ2v) is 8.86. The van der Waals surface area contributed by atoms with Crippen LogP contribution in [0.1, 0.15) is 5.56 Å². The van der Waals surface area contributed by atoms with E-state index in [4.69, 9.17) is 27.9 Å². The van der Waals surface area contributed by atoms with Gasteiger partial charge in [0.15, 0.2) is 0 Å². The monoisotopic (exact) mass is 414 g/mol. The molecule has 140 valence electrons. The molecule has 8 heteroatoms. The third-order valence-corrected chi connectivity index (χ3v) is 7.12. The fourth-order valence-corrected chi connectivity index (χ4v) is 4.85. The molecule has 26 heavy (non-hydrogen) atoms. The van der Waals surface area contributed by atoms with Crippen molar-refractivity contribution in [3.05, 3.63) is 52.0 Å². The third-order valence-electron chi connectivity index (χ3n) is 4.44. The first kappa shape index (κ1) is 19.3. The highest BCUT2D eigenvalue weighted by atomic mass is 35.5. The highest BCUT2D eigenvalue weighted by Gasteiger charge is 2.31. The average molecular weight is 415 g/mol. The zero-order valence-electron chi connectivity index (χ0n) is 14.6. The number of sulfonamides is 1. The second kappa shape index (κ2) is 7.64. The van der Waals surface area contributed by atoms with Crippen LogP contribution in [0, 0.1) is 6.92 Å². The van der Waals surface area contributed by atoms with Crippen molar-refractivity contribution in [1.29, 1.82) is 0 Å². The number of ether oxygens (including phenoxy) is 1. The lowest BCUT2D eigenvalue weighted by Gasteiger charge is -2.35. The van der Waals surface area contributed by atoms with Crippen molar-refractivity contribution in [2.45, 2.75) is 11.8 Å². The van der Waals surface area contributed by atoms with E-state index in [2.05, 4.69) is 4.90 Å². The summed E-state index contributed by atoms with van der Waals surface area (Å²) in [5.41, 5.74) is 1.88. The molecule has 0 amide bonds. The molecular formula is C18H20Cl2N2O3S. The summed E-state index contributed by atoms with van der Waals surface area (Å²) in [5, 5.41) is 0.992. The smallest absolute Gasteiger partial charge is 0.246 e. The zero-order chi connectivity index (χ0) is 18.9. The van der Waals surface area contributed by atoms with Crippen molar-refractivity contribution in [1.82, 2.24) is 4.31 Å². The van der Waals surface area contributed by atoms with Crippen molar-refractivity contribution in [3.63, 3.8) is 0 Å². The number of nitrogens with zero attached hydrogens (tertiary/aromatic N) is 2. The summed E-state index contributed by atoms with van der Waals surface area (Å²) in [7, 11) is -2.13. The van der Waals surface area contributed by atoms with Gasteiger partial charge in [-0.3, -0.25) is 0 Å². The van der Waals surface area contributed by atoms with Gasteiger partial charge >= 0.3 is 0 Å². The van der Waals surface area contributed by atoms with Crippen LogP contribution in [-0.2, 0) is 10.0 Å². The van der Waals surface area contributed by atoms with Crippen LogP contribution in [0.2, 0.25) is 10.0 Å². The lowest BCUT2D eigenvalue weighted by Crippen LogP contribution is -2.48. The predicted octanol–water partition coefficient (Wildman–Crippen LogP) is 3.82. The lowest BCUT2D eigenvalue weighted by molar-refractivity contribution is 0.374. The first-order valence-corrected chi connectivity index (χ1v) is 10.4. The van der Waals surface area contributed by atoms with Gasteiger partial charge in [-0.05, 0) is 42.8 Å². The first-order valence-electron chi connectivity index (χ1n) is 8.17. The average Bonchev–Trinajstić information content (AvgIpc) is 2.63. The Morgan fingerprint density at radius 2 is 1.65 bits per heavy atom. The lowest BCUT2D eigenvalue weighted by atomic mass is 10.2. The molecule has 0 saturated carbocycles. The first-order chi connectivity index (χ1) is 12.3. The van der Waals surface area contributed by atoms with Crippen LogP contribution in [-0.4, -0.2) is 46.0 Å². The molecule has 0 atom stereocenters. The Morgan fingerprint density at radius 1 is 0.962 bits per heavy atom. The molecule has 2 aromatic rings. The minimum Gasteiger partial charge on any atom is -0.495 e. The molecule has 1 heterocycles. The van der Waals surface area contributed by atoms with Crippen LogP contribution in [0.4, 0.5) is 5.69 Å². The number of halogens is 2. The number of rotatable bonds is 4. The van der Waals surface area contributed by atoms with Gasteiger partial charge in [0, 0.05) is 31.9 Å². The molecule has 0 aromatic heterocycles. The maximum atomic E-state index is 13.0. The summed E-state index contributed by atoms with van der Waals surface area (Å²) in [6.45, 7) is 3.82. The van der Waals surface area contributed by atoms with E-state index < -0.39 is 10.0 Å². The standard InChI is InChI=1S/C18H20Cl2N2O3S/c1-13-3-6-18(17(11-13)25-2)26(23,24)22-9-7-21(8-10-22)14-4-5-15(19)16(20)12-14/h3-6,11-12H,7-10H2,1-2H3. The largest absolute Gasteiger partial charge is 0.495 e. The van der Waals surface area contributed by atoms with Crippen LogP contribution in [0.25, 0.3) is 0 Å². The van der Waals surface area contributed by atoms with Gasteiger partial charge in [-0.1, -0.05) is 29.3 Å². The van der Waals surface area contributed by atoms with Gasteiger partial charge in [0.2, 0.25) is 10.0 Å². The Hall–Kier alpha value is -1.47. The van der Waals surface area contributed by atoms with Gasteiger partial charge in [0.1, 0.15) is 10.6 Å². The normalized spacial score (nSPS) is 15.9. The highest BCUT2D eigenvalue weighted by molar-refractivity contribution is 7.89. The van der Waals surface area contributed by atoms with E-state index in [9.17, 15) is 8.42 Å². The van der Waals surface area contributed by atoms with Gasteiger partial charge in [-0.15, -0.1) is 0 Å². The number of hydrogen-bond donors (Lipinski definition) is 0. The summed E-state index contributed by atoms with van der Waals surface area (Å²) in [5.74, 6) is 0.372. The Balaban J connectivity index is 1.77. The quantitative estimate of drug-likeness (QED) is 0.762. The number of aryl methyl sites for hydroxylation is 1. The molecule has 0 bridgehead atoms. The molecule has 1 saturated heterocycles. The van der Waals surface area contributed by atoms with Crippen molar-refractivity contribution >= 4 is 38.9 Å². The third kappa shape index (κ3) is 3.78. The molecule has 0 spiro atoms. The summed E-state index contributed by atoms with van der Waals surface area (Å²) < 4.78 is 32.8. The van der Waals surface area contributed by atoms with Crippen LogP contribution < -0.4 is 9.64 Å². The van der Waals surface area contributed by atoms with Gasteiger partial charge in [0.05, 0.1) is 17.2 Å². The molecule has 1 fully saturated rings. The van der Waals surface area contributed by atoms with Crippen LogP contribution >= 0.6 is 23.2 Å². The molecule has 0 N–H and O–H groups in total. The minimum absolute atomic E-state index is 0.202. The molecule has 0 radical (unpaired) electrons. The van der Waals surface area contributed by atoms with E-state index in [1.54, 1.807) is 30.3 Å². The molecule has 1 aliphatic rings. The Labute approximate surface area is 164 Å². The van der Waals surface area contributed by atoms with Crippen LogP contribution in [0.5, 0.6) is 5.75 Å². The molecule has 2 aromatic carbocycles. The maximum Gasteiger partial charge on any atom is 0.246 e. The van der Waals surface area contributed by atoms with E-state index in [0.29, 0.717) is 42.0 Å². The topological polar surface area (TPSA) is 49.9 Å². The minimum atomic E-state index is -3.61. The number of piperazine rings is 1. The Morgan fingerprint density at radius 3 is 2.27 bits per heavy atom. The molecule has 0 unspecified atom stereocenters. The van der Waals surface area contributed by atoms with Crippen LogP contribution in [0.3, 0.4) is 0 Å². The van der Waals surface area contributed by atoms with E-state index in [-0.39, 0.29) is 4.90 Å². The van der Waals surface area contributed by atoms with Crippen molar-refractivity contribution in [3.8, 4) is 5.75 Å². The highest BCUT2D eigenvalue weighted by Crippen LogP contribution is 2.30. The number of methoxy groups -OCH3 is 1. The molecule has 3 rings (SSSR count). The molecular weight excluding hydrogens is 395 g/mol. The van der Waals surface area contributed by atoms with Gasteiger partial charge in [-0.2, -0.15) is 4.31 Å². The number of anilines is 1. The fourth-order valence-electron chi connectivity index (χ4n) is 3.00. The summed E-state index contributed by atoms with van der Waals surface area (Å²) in [6, 6.07) is 10.6. The number of hydrogen-bond acceptors (Lipinski definition) is 4. The maximum absolute atomic E-state index is 13.0. The Bertz CT molecular complexity index is 911. The van der Waals surface area contributed by atoms with E-state index >= 15 is 0 Å². The number of benzene rings is 2. The zero-order valence-corrected chi connectivity index (χ0v) is 16.9. The summed E-state index contributed by atoms with van der Waals surface area (Å²) in [4.78, 5) is 2.30. The van der Waals surface area contributed by atoms with Crippen molar-refractivity contribution < 1.29 is 13.2 Å². The Kier molecular flexibility index (Phi) is 5.67. The second-order valence-electron chi connectivity index (χ2n) is 6.14. The predicted molar refractivity (Wildman–Crippen MR) is 105 cm³/mol. The van der Waals surface area contributed by atoms with Gasteiger partial charge in [0.25, 0.3) is 0 Å². The SMILES string of the molecule is COc1cc(C)ccc1S(=O)(=O)N1CCN(c2ccc(Cl)c(Cl)c2)CC1. The molecule has 1 aliphatic heterocycles. The van der Waals surface area contributed by atoms with E-state index in [1.807, 2.05) is 13.0 Å². The van der Waals surface area contributed by atoms with Crippen molar-refractivity contribution in [2.24, 2.45) is 0 Å². The summed E-state index contributed by atoms with van der Waals surface area (Å²) in [6.07, 6.45) is 0. The fraction of sp³-hybridized carbons (Fsp3) is 0.333. The molecule has 0 aliphatic carbocycles. The summed E-state index contributed by atoms with van der Waals surface area (Å²) >= 11 is 12.0. The van der Waals surface area contributed by atoms with E-state index in [1.165, 1.54) is 11.4 Å². The van der Waals surface area contributed by atoms with Gasteiger partial charge < -0.3 is 9.64 Å². The van der Waals surface area contributed by atoms with Crippen molar-refractivity contribution in [2.75, 3.05) is 38.2 Å². The molecule has 5 nitrogen and oxygen atoms in total.